The Kier molecular flexibility index (Phi) is 5.65. The van der Waals surface area contributed by atoms with Crippen molar-refractivity contribution in [1.29, 1.82) is 0 Å². The Morgan fingerprint density at radius 2 is 1.87 bits per heavy atom. The summed E-state index contributed by atoms with van der Waals surface area (Å²) in [7, 11) is 0. The van der Waals surface area contributed by atoms with Gasteiger partial charge in [0.1, 0.15) is 5.82 Å². The molecule has 2 aliphatic heterocycles. The summed E-state index contributed by atoms with van der Waals surface area (Å²) >= 11 is 7.95. The normalized spacial score (nSPS) is 25.8. The van der Waals surface area contributed by atoms with E-state index in [-0.39, 0.29) is 11.9 Å². The van der Waals surface area contributed by atoms with Crippen LogP contribution in [0.1, 0.15) is 43.2 Å². The summed E-state index contributed by atoms with van der Waals surface area (Å²) in [6.07, 6.45) is 9.38. The van der Waals surface area contributed by atoms with Crippen molar-refractivity contribution >= 4 is 28.9 Å². The lowest BCUT2D eigenvalue weighted by atomic mass is 9.86. The van der Waals surface area contributed by atoms with E-state index in [1.54, 1.807) is 23.9 Å². The van der Waals surface area contributed by atoms with Gasteiger partial charge in [-0.2, -0.15) is 0 Å². The molecule has 2 nitrogen and oxygen atoms in total. The van der Waals surface area contributed by atoms with Crippen molar-refractivity contribution in [2.45, 2.75) is 48.0 Å². The van der Waals surface area contributed by atoms with Gasteiger partial charge < -0.3 is 10.0 Å². The molecule has 2 aromatic rings. The van der Waals surface area contributed by atoms with Crippen molar-refractivity contribution in [3.8, 4) is 0 Å². The van der Waals surface area contributed by atoms with Crippen LogP contribution in [0, 0.1) is 11.7 Å². The molecule has 0 saturated heterocycles. The Morgan fingerprint density at radius 1 is 1.03 bits per heavy atom. The van der Waals surface area contributed by atoms with E-state index >= 15 is 0 Å². The molecule has 0 amide bonds. The molecule has 1 fully saturated rings. The number of benzene rings is 2. The summed E-state index contributed by atoms with van der Waals surface area (Å²) in [5, 5.41) is 10.5. The van der Waals surface area contributed by atoms with E-state index in [1.807, 2.05) is 24.3 Å². The van der Waals surface area contributed by atoms with Gasteiger partial charge in [-0.25, -0.2) is 4.39 Å². The van der Waals surface area contributed by atoms with E-state index in [2.05, 4.69) is 17.2 Å². The summed E-state index contributed by atoms with van der Waals surface area (Å²) in [6, 6.07) is 11.1. The number of hydrogen-bond donors (Lipinski definition) is 1. The number of fused-ring (bicyclic) bond motifs is 2. The van der Waals surface area contributed by atoms with Crippen LogP contribution in [0.15, 0.2) is 64.0 Å². The Labute approximate surface area is 186 Å². The second kappa shape index (κ2) is 8.41. The van der Waals surface area contributed by atoms with E-state index in [0.29, 0.717) is 5.92 Å². The van der Waals surface area contributed by atoms with Gasteiger partial charge in [0, 0.05) is 27.9 Å². The minimum atomic E-state index is -0.203. The third-order valence-electron chi connectivity index (χ3n) is 6.43. The van der Waals surface area contributed by atoms with Gasteiger partial charge in [-0.3, -0.25) is 0 Å². The number of hydrogen-bond acceptors (Lipinski definition) is 3. The monoisotopic (exact) mass is 441 g/mol. The quantitative estimate of drug-likeness (QED) is 0.490. The Morgan fingerprint density at radius 3 is 2.63 bits per heavy atom. The number of aliphatic hydroxyl groups is 1. The van der Waals surface area contributed by atoms with Gasteiger partial charge in [0.05, 0.1) is 6.10 Å². The number of aliphatic hydroxyl groups excluding tert-OH is 1. The van der Waals surface area contributed by atoms with Crippen LogP contribution in [0.25, 0.3) is 5.57 Å². The van der Waals surface area contributed by atoms with E-state index in [0.717, 1.165) is 71.1 Å². The van der Waals surface area contributed by atoms with Crippen molar-refractivity contribution in [2.75, 3.05) is 13.1 Å². The molecule has 1 aliphatic carbocycles. The van der Waals surface area contributed by atoms with Crippen LogP contribution in [0.3, 0.4) is 0 Å². The largest absolute Gasteiger partial charge is 0.393 e. The molecular formula is C25H25ClFNOS. The maximum absolute atomic E-state index is 13.9. The third kappa shape index (κ3) is 4.05. The van der Waals surface area contributed by atoms with E-state index in [1.165, 1.54) is 11.1 Å². The van der Waals surface area contributed by atoms with Crippen LogP contribution in [0.5, 0.6) is 0 Å². The third-order valence-corrected chi connectivity index (χ3v) is 7.80. The average Bonchev–Trinajstić information content (AvgIpc) is 2.74. The van der Waals surface area contributed by atoms with Crippen LogP contribution in [0.2, 0.25) is 5.02 Å². The predicted octanol–water partition coefficient (Wildman–Crippen LogP) is 6.52. The fraction of sp³-hybridized carbons (Fsp3) is 0.360. The van der Waals surface area contributed by atoms with Crippen molar-refractivity contribution in [3.63, 3.8) is 0 Å². The number of rotatable bonds is 2. The molecule has 2 aromatic carbocycles. The van der Waals surface area contributed by atoms with Crippen LogP contribution in [0.4, 0.5) is 4.39 Å². The van der Waals surface area contributed by atoms with Crippen molar-refractivity contribution < 1.29 is 9.50 Å². The highest BCUT2D eigenvalue weighted by molar-refractivity contribution is 7.99. The van der Waals surface area contributed by atoms with Gasteiger partial charge in [-0.05, 0) is 103 Å². The van der Waals surface area contributed by atoms with E-state index < -0.39 is 0 Å². The number of nitrogens with zero attached hydrogens (tertiary/aromatic N) is 1. The number of halogens is 2. The molecule has 1 saturated carbocycles. The first-order chi connectivity index (χ1) is 14.6. The van der Waals surface area contributed by atoms with Gasteiger partial charge in [0.2, 0.25) is 0 Å². The van der Waals surface area contributed by atoms with E-state index in [4.69, 9.17) is 11.6 Å². The standard InChI is InChI=1S/C25H25ClFNOS/c26-18-3-8-23-22(13-18)25(21-7-4-19(27)14-24(21)30-23)17-9-11-28(12-10-17)15-16-1-5-20(29)6-2-16/h3-4,7-9,11,13-14,16,20,29H,1-2,5-6,10,12,15H2/t16-,20-. The van der Waals surface area contributed by atoms with E-state index in [9.17, 15) is 9.50 Å². The summed E-state index contributed by atoms with van der Waals surface area (Å²) in [4.78, 5) is 4.49. The summed E-state index contributed by atoms with van der Waals surface area (Å²) in [5.41, 5.74) is 4.69. The number of allylic oxidation sites excluding steroid dienone is 1. The average molecular weight is 442 g/mol. The Hall–Kier alpha value is -1.75. The fourth-order valence-corrected chi connectivity index (χ4v) is 6.09. The molecule has 5 heteroatoms. The van der Waals surface area contributed by atoms with Crippen molar-refractivity contribution in [2.24, 2.45) is 5.92 Å². The lowest BCUT2D eigenvalue weighted by molar-refractivity contribution is 0.0998. The molecular weight excluding hydrogens is 417 g/mol. The molecule has 0 spiro atoms. The first-order valence-electron chi connectivity index (χ1n) is 10.7. The van der Waals surface area contributed by atoms with Crippen molar-refractivity contribution in [3.05, 3.63) is 76.2 Å². The lowest BCUT2D eigenvalue weighted by Crippen LogP contribution is -2.31. The second-order valence-corrected chi connectivity index (χ2v) is 10.0. The lowest BCUT2D eigenvalue weighted by Gasteiger charge is -2.33. The van der Waals surface area contributed by atoms with Gasteiger partial charge in [0.25, 0.3) is 0 Å². The topological polar surface area (TPSA) is 23.5 Å². The predicted molar refractivity (Wildman–Crippen MR) is 121 cm³/mol. The molecule has 0 atom stereocenters. The highest BCUT2D eigenvalue weighted by atomic mass is 35.5. The molecule has 0 radical (unpaired) electrons. The first-order valence-corrected chi connectivity index (χ1v) is 11.9. The summed E-state index contributed by atoms with van der Waals surface area (Å²) < 4.78 is 13.9. The van der Waals surface area contributed by atoms with Crippen LogP contribution >= 0.6 is 23.4 Å². The molecule has 5 rings (SSSR count). The molecule has 0 bridgehead atoms. The Balaban J connectivity index is 1.47. The molecule has 30 heavy (non-hydrogen) atoms. The highest BCUT2D eigenvalue weighted by Crippen LogP contribution is 2.48. The van der Waals surface area contributed by atoms with Crippen LogP contribution < -0.4 is 0 Å². The highest BCUT2D eigenvalue weighted by Gasteiger charge is 2.26. The smallest absolute Gasteiger partial charge is 0.124 e. The summed E-state index contributed by atoms with van der Waals surface area (Å²) in [5.74, 6) is 0.465. The minimum Gasteiger partial charge on any atom is -0.393 e. The molecule has 1 N–H and O–H groups in total. The van der Waals surface area contributed by atoms with Gasteiger partial charge in [0.15, 0.2) is 0 Å². The molecule has 2 heterocycles. The van der Waals surface area contributed by atoms with Crippen LogP contribution in [-0.4, -0.2) is 29.2 Å². The van der Waals surface area contributed by atoms with Crippen LogP contribution in [-0.2, 0) is 0 Å². The van der Waals surface area contributed by atoms with Gasteiger partial charge in [-0.15, -0.1) is 0 Å². The van der Waals surface area contributed by atoms with Gasteiger partial charge >= 0.3 is 0 Å². The zero-order valence-corrected chi connectivity index (χ0v) is 18.4. The second-order valence-electron chi connectivity index (χ2n) is 8.52. The molecule has 156 valence electrons. The van der Waals surface area contributed by atoms with Crippen molar-refractivity contribution in [1.82, 2.24) is 4.90 Å². The molecule has 3 aliphatic rings. The maximum atomic E-state index is 13.9. The summed E-state index contributed by atoms with van der Waals surface area (Å²) in [6.45, 7) is 2.04. The minimum absolute atomic E-state index is 0.101. The fourth-order valence-electron chi connectivity index (χ4n) is 4.82. The zero-order valence-electron chi connectivity index (χ0n) is 16.8. The maximum Gasteiger partial charge on any atom is 0.124 e. The van der Waals surface area contributed by atoms with Gasteiger partial charge in [-0.1, -0.05) is 29.4 Å². The zero-order chi connectivity index (χ0) is 20.7. The Bertz CT molecular complexity index is 1030. The molecule has 0 unspecified atom stereocenters. The first kappa shape index (κ1) is 20.2. The molecule has 0 aromatic heterocycles. The SMILES string of the molecule is O[C@H]1CC[C@H](CN2C=CC(=C3c4ccc(F)cc4Sc4ccc(Cl)cc43)CC2)CC1.